The SMILES string of the molecule is CSCC(C)CNCc1cc(C(N)=O)ccc1F. The summed E-state index contributed by atoms with van der Waals surface area (Å²) in [7, 11) is 0. The number of hydrogen-bond acceptors (Lipinski definition) is 3. The fourth-order valence-electron chi connectivity index (χ4n) is 1.66. The van der Waals surface area contributed by atoms with Gasteiger partial charge in [-0.3, -0.25) is 4.79 Å². The molecular weight excluding hydrogens is 251 g/mol. The number of rotatable bonds is 7. The van der Waals surface area contributed by atoms with E-state index in [1.807, 2.05) is 0 Å². The molecule has 18 heavy (non-hydrogen) atoms. The Balaban J connectivity index is 2.56. The standard InChI is InChI=1S/C13H19FN2OS/c1-9(8-18-2)6-16-7-11-5-10(13(15)17)3-4-12(11)14/h3-5,9,16H,6-8H2,1-2H3,(H2,15,17). The third-order valence-electron chi connectivity index (χ3n) is 2.59. The van der Waals surface area contributed by atoms with E-state index in [0.29, 0.717) is 23.6 Å². The molecule has 0 saturated carbocycles. The van der Waals surface area contributed by atoms with Crippen LogP contribution in [-0.2, 0) is 6.54 Å². The molecule has 0 aliphatic carbocycles. The maximum Gasteiger partial charge on any atom is 0.248 e. The second-order valence-electron chi connectivity index (χ2n) is 4.36. The third-order valence-corrected chi connectivity index (χ3v) is 3.49. The first-order valence-corrected chi connectivity index (χ1v) is 7.22. The molecule has 3 N–H and O–H groups in total. The zero-order chi connectivity index (χ0) is 13.5. The van der Waals surface area contributed by atoms with Gasteiger partial charge in [0.15, 0.2) is 0 Å². The van der Waals surface area contributed by atoms with Gasteiger partial charge in [-0.05, 0) is 42.7 Å². The van der Waals surface area contributed by atoms with E-state index in [1.165, 1.54) is 18.2 Å². The lowest BCUT2D eigenvalue weighted by Gasteiger charge is -2.12. The monoisotopic (exact) mass is 270 g/mol. The Morgan fingerprint density at radius 2 is 2.28 bits per heavy atom. The van der Waals surface area contributed by atoms with Crippen molar-refractivity contribution in [1.29, 1.82) is 0 Å². The highest BCUT2D eigenvalue weighted by Crippen LogP contribution is 2.10. The fourth-order valence-corrected chi connectivity index (χ4v) is 2.35. The van der Waals surface area contributed by atoms with Crippen LogP contribution >= 0.6 is 11.8 Å². The van der Waals surface area contributed by atoms with Crippen LogP contribution in [-0.4, -0.2) is 24.5 Å². The zero-order valence-electron chi connectivity index (χ0n) is 10.7. The number of nitrogens with one attached hydrogen (secondary N) is 1. The molecule has 0 fully saturated rings. The van der Waals surface area contributed by atoms with Gasteiger partial charge in [-0.1, -0.05) is 6.92 Å². The van der Waals surface area contributed by atoms with E-state index in [1.54, 1.807) is 11.8 Å². The van der Waals surface area contributed by atoms with Gasteiger partial charge in [0.2, 0.25) is 5.91 Å². The van der Waals surface area contributed by atoms with Crippen LogP contribution in [0.25, 0.3) is 0 Å². The highest BCUT2D eigenvalue weighted by atomic mass is 32.2. The number of hydrogen-bond donors (Lipinski definition) is 2. The number of thioether (sulfide) groups is 1. The minimum atomic E-state index is -0.535. The molecule has 1 aromatic rings. The lowest BCUT2D eigenvalue weighted by Crippen LogP contribution is -2.23. The van der Waals surface area contributed by atoms with E-state index in [9.17, 15) is 9.18 Å². The Hall–Kier alpha value is -1.07. The van der Waals surface area contributed by atoms with Crippen LogP contribution in [0.5, 0.6) is 0 Å². The number of halogens is 1. The van der Waals surface area contributed by atoms with Gasteiger partial charge in [-0.2, -0.15) is 11.8 Å². The second-order valence-corrected chi connectivity index (χ2v) is 5.27. The number of carbonyl (C=O) groups excluding carboxylic acids is 1. The van der Waals surface area contributed by atoms with Crippen LogP contribution in [0.3, 0.4) is 0 Å². The lowest BCUT2D eigenvalue weighted by atomic mass is 10.1. The Morgan fingerprint density at radius 1 is 1.56 bits per heavy atom. The molecule has 0 aliphatic heterocycles. The minimum Gasteiger partial charge on any atom is -0.366 e. The van der Waals surface area contributed by atoms with Crippen LogP contribution < -0.4 is 11.1 Å². The van der Waals surface area contributed by atoms with Gasteiger partial charge in [0.05, 0.1) is 0 Å². The maximum absolute atomic E-state index is 13.5. The topological polar surface area (TPSA) is 55.1 Å². The molecular formula is C13H19FN2OS. The highest BCUT2D eigenvalue weighted by Gasteiger charge is 2.07. The van der Waals surface area contributed by atoms with Crippen LogP contribution in [0, 0.1) is 11.7 Å². The van der Waals surface area contributed by atoms with Crippen molar-refractivity contribution in [3.63, 3.8) is 0 Å². The summed E-state index contributed by atoms with van der Waals surface area (Å²) < 4.78 is 13.5. The second kappa shape index (κ2) is 7.38. The fraction of sp³-hybridized carbons (Fsp3) is 0.462. The molecule has 0 heterocycles. The van der Waals surface area contributed by atoms with E-state index in [4.69, 9.17) is 5.73 Å². The van der Waals surface area contributed by atoms with Crippen LogP contribution in [0.15, 0.2) is 18.2 Å². The first-order valence-electron chi connectivity index (χ1n) is 5.82. The molecule has 0 bridgehead atoms. The quantitative estimate of drug-likeness (QED) is 0.797. The largest absolute Gasteiger partial charge is 0.366 e. The van der Waals surface area contributed by atoms with E-state index in [2.05, 4.69) is 18.5 Å². The van der Waals surface area contributed by atoms with Gasteiger partial charge >= 0.3 is 0 Å². The van der Waals surface area contributed by atoms with E-state index >= 15 is 0 Å². The number of amides is 1. The van der Waals surface area contributed by atoms with Crippen molar-refractivity contribution in [3.8, 4) is 0 Å². The molecule has 0 aliphatic rings. The van der Waals surface area contributed by atoms with Gasteiger partial charge in [-0.25, -0.2) is 4.39 Å². The summed E-state index contributed by atoms with van der Waals surface area (Å²) in [5.74, 6) is 0.746. The van der Waals surface area contributed by atoms with Crippen molar-refractivity contribution < 1.29 is 9.18 Å². The van der Waals surface area contributed by atoms with Gasteiger partial charge < -0.3 is 11.1 Å². The Morgan fingerprint density at radius 3 is 2.89 bits per heavy atom. The van der Waals surface area contributed by atoms with Crippen LogP contribution in [0.2, 0.25) is 0 Å². The van der Waals surface area contributed by atoms with Gasteiger partial charge in [0.25, 0.3) is 0 Å². The van der Waals surface area contributed by atoms with Crippen LogP contribution in [0.4, 0.5) is 4.39 Å². The predicted octanol–water partition coefficient (Wildman–Crippen LogP) is 2.01. The molecule has 1 unspecified atom stereocenters. The molecule has 0 spiro atoms. The first-order chi connectivity index (χ1) is 8.54. The number of nitrogens with two attached hydrogens (primary N) is 1. The average Bonchev–Trinajstić information content (AvgIpc) is 2.31. The minimum absolute atomic E-state index is 0.315. The molecule has 1 rings (SSSR count). The maximum atomic E-state index is 13.5. The molecule has 1 amide bonds. The predicted molar refractivity (Wildman–Crippen MR) is 74.2 cm³/mol. The van der Waals surface area contributed by atoms with Gasteiger partial charge in [0.1, 0.15) is 5.82 Å². The average molecular weight is 270 g/mol. The number of primary amides is 1. The molecule has 5 heteroatoms. The summed E-state index contributed by atoms with van der Waals surface area (Å²) in [5.41, 5.74) is 5.98. The molecule has 3 nitrogen and oxygen atoms in total. The van der Waals surface area contributed by atoms with Gasteiger partial charge in [-0.15, -0.1) is 0 Å². The molecule has 0 saturated heterocycles. The Bertz CT molecular complexity index is 412. The normalized spacial score (nSPS) is 12.4. The Kier molecular flexibility index (Phi) is 6.15. The molecule has 0 aromatic heterocycles. The Labute approximate surface area is 111 Å². The number of benzene rings is 1. The van der Waals surface area contributed by atoms with Crippen molar-refractivity contribution in [2.75, 3.05) is 18.6 Å². The van der Waals surface area contributed by atoms with Crippen molar-refractivity contribution in [3.05, 3.63) is 35.1 Å². The first kappa shape index (κ1) is 15.0. The van der Waals surface area contributed by atoms with Crippen LogP contribution in [0.1, 0.15) is 22.8 Å². The van der Waals surface area contributed by atoms with Crippen molar-refractivity contribution in [2.24, 2.45) is 11.7 Å². The van der Waals surface area contributed by atoms with Gasteiger partial charge in [0, 0.05) is 17.7 Å². The summed E-state index contributed by atoms with van der Waals surface area (Å²) in [6, 6.07) is 4.18. The molecule has 100 valence electrons. The molecule has 0 radical (unpaired) electrons. The summed E-state index contributed by atoms with van der Waals surface area (Å²) >= 11 is 1.79. The summed E-state index contributed by atoms with van der Waals surface area (Å²) in [4.78, 5) is 11.0. The third kappa shape index (κ3) is 4.66. The summed E-state index contributed by atoms with van der Waals surface area (Å²) in [6.45, 7) is 3.37. The molecule has 1 aromatic carbocycles. The summed E-state index contributed by atoms with van der Waals surface area (Å²) in [6.07, 6.45) is 2.06. The van der Waals surface area contributed by atoms with Crippen molar-refractivity contribution >= 4 is 17.7 Å². The van der Waals surface area contributed by atoms with Crippen molar-refractivity contribution in [1.82, 2.24) is 5.32 Å². The number of carbonyl (C=O) groups is 1. The van der Waals surface area contributed by atoms with E-state index < -0.39 is 5.91 Å². The lowest BCUT2D eigenvalue weighted by molar-refractivity contribution is 0.1000. The molecule has 1 atom stereocenters. The smallest absolute Gasteiger partial charge is 0.248 e. The zero-order valence-corrected chi connectivity index (χ0v) is 11.5. The van der Waals surface area contributed by atoms with E-state index in [0.717, 1.165) is 12.3 Å². The summed E-state index contributed by atoms with van der Waals surface area (Å²) in [5, 5.41) is 3.19. The highest BCUT2D eigenvalue weighted by molar-refractivity contribution is 7.98. The van der Waals surface area contributed by atoms with E-state index in [-0.39, 0.29) is 5.82 Å². The van der Waals surface area contributed by atoms with Crippen molar-refractivity contribution in [2.45, 2.75) is 13.5 Å².